The van der Waals surface area contributed by atoms with Gasteiger partial charge in [-0.3, -0.25) is 0 Å². The smallest absolute Gasteiger partial charge is 1.00 e. The van der Waals surface area contributed by atoms with E-state index in [9.17, 15) is 0 Å². The van der Waals surface area contributed by atoms with Gasteiger partial charge < -0.3 is 37.1 Å². The summed E-state index contributed by atoms with van der Waals surface area (Å²) in [6.45, 7) is 0. The zero-order chi connectivity index (χ0) is 4.50. The minimum Gasteiger partial charge on any atom is -1.00 e. The number of phosphoric acid groups is 1. The van der Waals surface area contributed by atoms with Crippen molar-refractivity contribution in [1.82, 2.24) is 0 Å². The van der Waals surface area contributed by atoms with Crippen LogP contribution in [0.4, 0.5) is 0 Å². The van der Waals surface area contributed by atoms with Crippen LogP contribution < -0.4 is 140 Å². The maximum Gasteiger partial charge on any atom is 1.00 e. The molecule has 0 bridgehead atoms. The molecule has 0 spiro atoms. The molecule has 2 N–H and O–H groups in total. The summed E-state index contributed by atoms with van der Waals surface area (Å²) < 4.78 is 8.66. The van der Waals surface area contributed by atoms with Crippen molar-refractivity contribution < 1.29 is 155 Å². The Labute approximate surface area is 160 Å². The first kappa shape index (κ1) is 45.3. The first-order valence-corrected chi connectivity index (χ1v) is 2.24. The normalized spacial score (nSPS) is 5.36. The fourth-order valence-corrected chi connectivity index (χ4v) is 0. The van der Waals surface area contributed by atoms with E-state index in [2.05, 4.69) is 0 Å². The van der Waals surface area contributed by atoms with Gasteiger partial charge in [0.25, 0.3) is 0 Å². The number of hydrogen-bond donors (Lipinski definition) is 1. The summed E-state index contributed by atoms with van der Waals surface area (Å²) >= 11 is 0. The average molecular weight is 240 g/mol. The Morgan fingerprint density at radius 3 is 1.00 bits per heavy atom. The SMILES string of the molecule is O=P([O-])([O-])O.[Cl-].[Na+].[Na+].[Na+].[Na+].[OH-]. The zero-order valence-electron chi connectivity index (χ0n) is 6.94. The van der Waals surface area contributed by atoms with Gasteiger partial charge in [-0.25, -0.2) is 0 Å². The molecule has 0 saturated carbocycles. The summed E-state index contributed by atoms with van der Waals surface area (Å²) in [7, 11) is -5.14. The molecule has 0 aromatic carbocycles. The quantitative estimate of drug-likeness (QED) is 0.334. The van der Waals surface area contributed by atoms with Gasteiger partial charge in [-0.1, -0.05) is 0 Å². The second-order valence-corrected chi connectivity index (χ2v) is 1.41. The molecule has 0 fully saturated rings. The minimum atomic E-state index is -5.14. The molecule has 0 radical (unpaired) electrons. The monoisotopic (exact) mass is 240 g/mol. The fraction of sp³-hybridized carbons (Fsp3) is 0. The van der Waals surface area contributed by atoms with Gasteiger partial charge in [0.1, 0.15) is 0 Å². The molecule has 0 atom stereocenters. The van der Waals surface area contributed by atoms with Gasteiger partial charge in [-0.15, -0.1) is 0 Å². The van der Waals surface area contributed by atoms with Crippen LogP contribution >= 0.6 is 7.82 Å². The third-order valence-corrected chi connectivity index (χ3v) is 0. The summed E-state index contributed by atoms with van der Waals surface area (Å²) in [4.78, 5) is 24.3. The van der Waals surface area contributed by atoms with Crippen molar-refractivity contribution in [2.75, 3.05) is 0 Å². The van der Waals surface area contributed by atoms with Crippen LogP contribution in [0.1, 0.15) is 0 Å². The largest absolute Gasteiger partial charge is 1.00 e. The van der Waals surface area contributed by atoms with Crippen molar-refractivity contribution in [3.8, 4) is 0 Å². The average Bonchev–Trinajstić information content (AvgIpc) is 0.722. The second-order valence-electron chi connectivity index (χ2n) is 0.469. The van der Waals surface area contributed by atoms with Crippen LogP contribution in [0.25, 0.3) is 0 Å². The molecule has 11 heavy (non-hydrogen) atoms. The molecule has 0 aliphatic rings. The van der Waals surface area contributed by atoms with Gasteiger partial charge in [0.15, 0.2) is 0 Å². The minimum absolute atomic E-state index is 0. The third kappa shape index (κ3) is 115. The van der Waals surface area contributed by atoms with E-state index in [1.165, 1.54) is 0 Å². The molecular weight excluding hydrogens is 238 g/mol. The molecule has 0 aliphatic heterocycles. The summed E-state index contributed by atoms with van der Waals surface area (Å²) in [5, 5.41) is 0. The van der Waals surface area contributed by atoms with E-state index >= 15 is 0 Å². The van der Waals surface area contributed by atoms with E-state index in [0.29, 0.717) is 0 Å². The predicted molar refractivity (Wildman–Crippen MR) is 11.8 cm³/mol. The second kappa shape index (κ2) is 23.9. The van der Waals surface area contributed by atoms with Gasteiger partial charge in [0.2, 0.25) is 0 Å². The van der Waals surface area contributed by atoms with E-state index < -0.39 is 7.82 Å². The number of halogens is 1. The summed E-state index contributed by atoms with van der Waals surface area (Å²) in [5.41, 5.74) is 0. The Hall–Kier alpha value is 4.36. The molecule has 0 unspecified atom stereocenters. The Morgan fingerprint density at radius 2 is 1.00 bits per heavy atom. The topological polar surface area (TPSA) is 113 Å². The van der Waals surface area contributed by atoms with Crippen molar-refractivity contribution in [1.29, 1.82) is 0 Å². The van der Waals surface area contributed by atoms with E-state index in [1.54, 1.807) is 0 Å². The standard InChI is InChI=1S/ClH.4Na.H3O4P.H2O/c;;;;;1-5(2,3)4;/h1H;;;;;(H3,1,2,3,4);1H2/q;4*+1;;/p-4. The molecule has 0 rings (SSSR count). The van der Waals surface area contributed by atoms with Crippen LogP contribution in [0, 0.1) is 0 Å². The first-order chi connectivity index (χ1) is 2.00. The first-order valence-electron chi connectivity index (χ1n) is 0.748. The van der Waals surface area contributed by atoms with Crippen molar-refractivity contribution in [2.45, 2.75) is 0 Å². The summed E-state index contributed by atoms with van der Waals surface area (Å²) in [5.74, 6) is 0. The summed E-state index contributed by atoms with van der Waals surface area (Å²) in [6, 6.07) is 0. The zero-order valence-corrected chi connectivity index (χ0v) is 16.6. The van der Waals surface area contributed by atoms with E-state index in [1.807, 2.05) is 0 Å². The molecule has 0 saturated heterocycles. The van der Waals surface area contributed by atoms with Gasteiger partial charge in [-0.05, 0) is 0 Å². The molecule has 0 aliphatic carbocycles. The van der Waals surface area contributed by atoms with Gasteiger partial charge in [0.05, 0.1) is 7.82 Å². The van der Waals surface area contributed by atoms with Crippen LogP contribution in [0.2, 0.25) is 0 Å². The van der Waals surface area contributed by atoms with Crippen molar-refractivity contribution in [3.63, 3.8) is 0 Å². The van der Waals surface area contributed by atoms with E-state index in [-0.39, 0.29) is 136 Å². The Kier molecular flexibility index (Phi) is 98.4. The Bertz CT molecular complexity index is 64.6. The molecule has 11 heteroatoms. The summed E-state index contributed by atoms with van der Waals surface area (Å²) in [6.07, 6.45) is 0. The Balaban J connectivity index is -0.00000000533. The van der Waals surface area contributed by atoms with Crippen molar-refractivity contribution >= 4 is 7.82 Å². The fourth-order valence-electron chi connectivity index (χ4n) is 0. The molecular formula is H2ClNa4O5P. The van der Waals surface area contributed by atoms with Crippen LogP contribution in [0.5, 0.6) is 0 Å². The molecule has 0 amide bonds. The van der Waals surface area contributed by atoms with Crippen LogP contribution in [0.3, 0.4) is 0 Å². The number of hydrogen-bond acceptors (Lipinski definition) is 4. The molecule has 48 valence electrons. The van der Waals surface area contributed by atoms with Crippen molar-refractivity contribution in [2.24, 2.45) is 0 Å². The van der Waals surface area contributed by atoms with Crippen molar-refractivity contribution in [3.05, 3.63) is 0 Å². The molecule has 0 aromatic rings. The maximum atomic E-state index is 8.66. The predicted octanol–water partition coefficient (Wildman–Crippen LogP) is -17.3. The van der Waals surface area contributed by atoms with Crippen LogP contribution in [-0.4, -0.2) is 10.4 Å². The van der Waals surface area contributed by atoms with Gasteiger partial charge in [0, 0.05) is 0 Å². The molecule has 0 aromatic heterocycles. The number of rotatable bonds is 0. The van der Waals surface area contributed by atoms with E-state index in [0.717, 1.165) is 0 Å². The van der Waals surface area contributed by atoms with Gasteiger partial charge >= 0.3 is 118 Å². The molecule has 0 heterocycles. The van der Waals surface area contributed by atoms with Gasteiger partial charge in [-0.2, -0.15) is 0 Å². The van der Waals surface area contributed by atoms with Crippen LogP contribution in [-0.2, 0) is 4.57 Å². The van der Waals surface area contributed by atoms with Crippen LogP contribution in [0.15, 0.2) is 0 Å². The van der Waals surface area contributed by atoms with E-state index in [4.69, 9.17) is 19.2 Å². The third-order valence-electron chi connectivity index (χ3n) is 0. The maximum absolute atomic E-state index is 8.66. The Morgan fingerprint density at radius 1 is 1.00 bits per heavy atom. The molecule has 5 nitrogen and oxygen atoms in total.